The van der Waals surface area contributed by atoms with Crippen molar-refractivity contribution in [3.63, 3.8) is 0 Å². The molecule has 0 aromatic heterocycles. The first-order chi connectivity index (χ1) is 15.5. The summed E-state index contributed by atoms with van der Waals surface area (Å²) in [5.41, 5.74) is 0.622. The van der Waals surface area contributed by atoms with Crippen LogP contribution in [0.4, 0.5) is 0 Å². The van der Waals surface area contributed by atoms with Gasteiger partial charge in [0.2, 0.25) is 0 Å². The van der Waals surface area contributed by atoms with Gasteiger partial charge >= 0.3 is 0 Å². The van der Waals surface area contributed by atoms with Gasteiger partial charge in [-0.15, -0.1) is 0 Å². The Hall–Kier alpha value is -3.02. The summed E-state index contributed by atoms with van der Waals surface area (Å²) in [6.07, 6.45) is 6.09. The smallest absolute Gasteiger partial charge is 0.166 e. The lowest BCUT2D eigenvalue weighted by molar-refractivity contribution is 0.0966. The van der Waals surface area contributed by atoms with Crippen LogP contribution in [0.5, 0.6) is 23.0 Å². The van der Waals surface area contributed by atoms with Gasteiger partial charge in [0.25, 0.3) is 0 Å². The van der Waals surface area contributed by atoms with Crippen LogP contribution in [0.2, 0.25) is 0 Å². The number of carbonyl (C=O) groups excluding carboxylic acids is 2. The third-order valence-corrected chi connectivity index (χ3v) is 5.22. The maximum Gasteiger partial charge on any atom is 0.166 e. The molecular weight excluding hydrogens is 408 g/mol. The minimum absolute atomic E-state index is 0.0130. The van der Waals surface area contributed by atoms with E-state index in [4.69, 9.17) is 9.47 Å². The zero-order valence-corrected chi connectivity index (χ0v) is 19.1. The van der Waals surface area contributed by atoms with Crippen molar-refractivity contribution in [3.05, 3.63) is 47.5 Å². The average molecular weight is 443 g/mol. The molecule has 0 amide bonds. The minimum atomic E-state index is -0.0799. The summed E-state index contributed by atoms with van der Waals surface area (Å²) in [6.45, 7) is 4.75. The molecule has 2 aromatic carbocycles. The maximum atomic E-state index is 12.4. The van der Waals surface area contributed by atoms with E-state index in [0.29, 0.717) is 48.7 Å². The molecule has 0 aliphatic heterocycles. The van der Waals surface area contributed by atoms with Gasteiger partial charge in [0.15, 0.2) is 11.6 Å². The SMILES string of the molecule is CCOc1ccc(O)c(C(=O)CCCCCCCCC(=O)c2cc(OCC)ccc2O)c1. The summed E-state index contributed by atoms with van der Waals surface area (Å²) in [7, 11) is 0. The lowest BCUT2D eigenvalue weighted by Gasteiger charge is -2.08. The number of phenols is 2. The molecule has 32 heavy (non-hydrogen) atoms. The van der Waals surface area contributed by atoms with Crippen molar-refractivity contribution in [2.24, 2.45) is 0 Å². The summed E-state index contributed by atoms with van der Waals surface area (Å²) in [5, 5.41) is 19.9. The van der Waals surface area contributed by atoms with Gasteiger partial charge in [0.05, 0.1) is 24.3 Å². The number of hydrogen-bond acceptors (Lipinski definition) is 6. The molecule has 0 saturated carbocycles. The Morgan fingerprint density at radius 3 is 1.41 bits per heavy atom. The van der Waals surface area contributed by atoms with Crippen LogP contribution in [0.1, 0.15) is 85.9 Å². The number of phenolic OH excluding ortho intramolecular Hbond substituents is 2. The summed E-state index contributed by atoms with van der Waals surface area (Å²) in [5.74, 6) is 0.983. The Balaban J connectivity index is 1.64. The molecule has 174 valence electrons. The molecule has 0 heterocycles. The molecule has 0 radical (unpaired) electrons. The van der Waals surface area contributed by atoms with E-state index >= 15 is 0 Å². The lowest BCUT2D eigenvalue weighted by Crippen LogP contribution is -2.01. The van der Waals surface area contributed by atoms with Crippen LogP contribution in [-0.2, 0) is 0 Å². The second kappa shape index (κ2) is 13.4. The predicted molar refractivity (Wildman–Crippen MR) is 124 cm³/mol. The first kappa shape index (κ1) is 25.2. The van der Waals surface area contributed by atoms with Crippen molar-refractivity contribution in [3.8, 4) is 23.0 Å². The molecule has 0 aliphatic carbocycles. The van der Waals surface area contributed by atoms with Crippen LogP contribution in [0.25, 0.3) is 0 Å². The number of Topliss-reactive ketones (excluding diaryl/α,β-unsaturated/α-hetero) is 2. The maximum absolute atomic E-state index is 12.4. The summed E-state index contributed by atoms with van der Waals surface area (Å²) in [4.78, 5) is 24.8. The summed E-state index contributed by atoms with van der Waals surface area (Å²) in [6, 6.07) is 9.48. The van der Waals surface area contributed by atoms with Crippen LogP contribution >= 0.6 is 0 Å². The number of ketones is 2. The van der Waals surface area contributed by atoms with E-state index in [1.807, 2.05) is 13.8 Å². The molecule has 0 unspecified atom stereocenters. The molecule has 0 atom stereocenters. The van der Waals surface area contributed by atoms with E-state index in [-0.39, 0.29) is 23.1 Å². The first-order valence-corrected chi connectivity index (χ1v) is 11.4. The quantitative estimate of drug-likeness (QED) is 0.256. The second-order valence-corrected chi connectivity index (χ2v) is 7.69. The highest BCUT2D eigenvalue weighted by molar-refractivity contribution is 5.99. The van der Waals surface area contributed by atoms with Gasteiger partial charge in [-0.2, -0.15) is 0 Å². The van der Waals surface area contributed by atoms with E-state index < -0.39 is 0 Å². The van der Waals surface area contributed by atoms with Gasteiger partial charge in [-0.25, -0.2) is 0 Å². The lowest BCUT2D eigenvalue weighted by atomic mass is 10.0. The normalized spacial score (nSPS) is 10.7. The van der Waals surface area contributed by atoms with E-state index in [1.54, 1.807) is 24.3 Å². The van der Waals surface area contributed by atoms with Crippen LogP contribution in [0.15, 0.2) is 36.4 Å². The average Bonchev–Trinajstić information content (AvgIpc) is 2.78. The fourth-order valence-electron chi connectivity index (χ4n) is 3.54. The fourth-order valence-corrected chi connectivity index (χ4v) is 3.54. The summed E-state index contributed by atoms with van der Waals surface area (Å²) >= 11 is 0. The zero-order valence-electron chi connectivity index (χ0n) is 19.1. The molecule has 2 N–H and O–H groups in total. The Morgan fingerprint density at radius 1 is 0.656 bits per heavy atom. The third-order valence-electron chi connectivity index (χ3n) is 5.22. The number of hydrogen-bond donors (Lipinski definition) is 2. The second-order valence-electron chi connectivity index (χ2n) is 7.69. The van der Waals surface area contributed by atoms with Gasteiger partial charge in [-0.3, -0.25) is 9.59 Å². The van der Waals surface area contributed by atoms with Gasteiger partial charge in [-0.05, 0) is 63.1 Å². The van der Waals surface area contributed by atoms with Crippen molar-refractivity contribution in [2.75, 3.05) is 13.2 Å². The molecule has 0 aliphatic rings. The van der Waals surface area contributed by atoms with Crippen molar-refractivity contribution >= 4 is 11.6 Å². The number of unbranched alkanes of at least 4 members (excludes halogenated alkanes) is 5. The van der Waals surface area contributed by atoms with Crippen LogP contribution in [0, 0.1) is 0 Å². The largest absolute Gasteiger partial charge is 0.507 e. The Morgan fingerprint density at radius 2 is 1.03 bits per heavy atom. The van der Waals surface area contributed by atoms with Crippen LogP contribution < -0.4 is 9.47 Å². The third kappa shape index (κ3) is 7.91. The zero-order chi connectivity index (χ0) is 23.3. The molecular formula is C26H34O6. The van der Waals surface area contributed by atoms with Gasteiger partial charge < -0.3 is 19.7 Å². The molecule has 2 rings (SSSR count). The molecule has 0 bridgehead atoms. The molecule has 0 fully saturated rings. The molecule has 6 nitrogen and oxygen atoms in total. The van der Waals surface area contributed by atoms with Crippen LogP contribution in [-0.4, -0.2) is 35.0 Å². The number of ether oxygens (including phenoxy) is 2. The van der Waals surface area contributed by atoms with E-state index in [1.165, 1.54) is 12.1 Å². The highest BCUT2D eigenvalue weighted by atomic mass is 16.5. The Kier molecular flexibility index (Phi) is 10.6. The van der Waals surface area contributed by atoms with E-state index in [2.05, 4.69) is 0 Å². The molecule has 6 heteroatoms. The number of rotatable bonds is 15. The first-order valence-electron chi connectivity index (χ1n) is 11.4. The van der Waals surface area contributed by atoms with Gasteiger partial charge in [-0.1, -0.05) is 25.7 Å². The number of aromatic hydroxyl groups is 2. The Bertz CT molecular complexity index is 816. The molecule has 0 spiro atoms. The van der Waals surface area contributed by atoms with E-state index in [9.17, 15) is 19.8 Å². The van der Waals surface area contributed by atoms with Crippen molar-refractivity contribution in [1.82, 2.24) is 0 Å². The van der Waals surface area contributed by atoms with Gasteiger partial charge in [0, 0.05) is 12.8 Å². The monoisotopic (exact) mass is 442 g/mol. The minimum Gasteiger partial charge on any atom is -0.507 e. The van der Waals surface area contributed by atoms with Crippen LogP contribution in [0.3, 0.4) is 0 Å². The highest BCUT2D eigenvalue weighted by Gasteiger charge is 2.13. The fraction of sp³-hybridized carbons (Fsp3) is 0.462. The topological polar surface area (TPSA) is 93.1 Å². The molecule has 2 aromatic rings. The summed E-state index contributed by atoms with van der Waals surface area (Å²) < 4.78 is 10.8. The predicted octanol–water partition coefficient (Wildman–Crippen LogP) is 6.08. The van der Waals surface area contributed by atoms with Gasteiger partial charge in [0.1, 0.15) is 23.0 Å². The van der Waals surface area contributed by atoms with Crippen molar-refractivity contribution < 1.29 is 29.3 Å². The standard InChI is InChI=1S/C26H34O6/c1-3-31-19-13-15-25(29)21(17-19)23(27)11-9-7-5-6-8-10-12-24(28)22-18-20(32-4-2)14-16-26(22)30/h13-18,29-30H,3-12H2,1-2H3. The molecule has 0 saturated heterocycles. The number of carbonyl (C=O) groups is 2. The highest BCUT2D eigenvalue weighted by Crippen LogP contribution is 2.26. The van der Waals surface area contributed by atoms with Crippen molar-refractivity contribution in [2.45, 2.75) is 65.2 Å². The Labute approximate surface area is 190 Å². The van der Waals surface area contributed by atoms with Crippen molar-refractivity contribution in [1.29, 1.82) is 0 Å². The van der Waals surface area contributed by atoms with E-state index in [0.717, 1.165) is 38.5 Å². The number of benzene rings is 2.